The highest BCUT2D eigenvalue weighted by molar-refractivity contribution is 5.67. The van der Waals surface area contributed by atoms with Gasteiger partial charge in [0.2, 0.25) is 6.29 Å². The minimum atomic E-state index is -1.12. The molecule has 0 radical (unpaired) electrons. The molecular formula is C13H16O7. The van der Waals surface area contributed by atoms with Crippen LogP contribution in [0.5, 0.6) is 0 Å². The van der Waals surface area contributed by atoms with Crippen LogP contribution in [0.25, 0.3) is 0 Å². The number of ether oxygens (including phenoxy) is 4. The molecule has 1 rings (SSSR count). The van der Waals surface area contributed by atoms with Crippen molar-refractivity contribution in [3.63, 3.8) is 0 Å². The molecule has 2 unspecified atom stereocenters. The molecule has 0 N–H and O–H groups in total. The molecule has 20 heavy (non-hydrogen) atoms. The van der Waals surface area contributed by atoms with Crippen molar-refractivity contribution < 1.29 is 33.3 Å². The van der Waals surface area contributed by atoms with Gasteiger partial charge in [0.15, 0.2) is 12.2 Å². The van der Waals surface area contributed by atoms with Gasteiger partial charge in [-0.15, -0.1) is 6.42 Å². The summed E-state index contributed by atoms with van der Waals surface area (Å²) in [5.74, 6) is 0.594. The average molecular weight is 284 g/mol. The van der Waals surface area contributed by atoms with E-state index in [1.807, 2.05) is 0 Å². The molecule has 1 heterocycles. The van der Waals surface area contributed by atoms with Crippen LogP contribution in [0.4, 0.5) is 0 Å². The van der Waals surface area contributed by atoms with Gasteiger partial charge in [-0.1, -0.05) is 5.92 Å². The van der Waals surface area contributed by atoms with E-state index in [2.05, 4.69) is 5.92 Å². The summed E-state index contributed by atoms with van der Waals surface area (Å²) in [7, 11) is 0. The fourth-order valence-electron chi connectivity index (χ4n) is 1.84. The molecule has 0 spiro atoms. The zero-order chi connectivity index (χ0) is 15.3. The molecule has 1 fully saturated rings. The summed E-state index contributed by atoms with van der Waals surface area (Å²) in [6.45, 7) is 3.63. The first-order valence-electron chi connectivity index (χ1n) is 5.96. The van der Waals surface area contributed by atoms with Gasteiger partial charge >= 0.3 is 17.9 Å². The molecule has 1 aliphatic heterocycles. The summed E-state index contributed by atoms with van der Waals surface area (Å²) in [5, 5.41) is 0. The van der Waals surface area contributed by atoms with Crippen LogP contribution in [0, 0.1) is 12.3 Å². The molecule has 1 aliphatic rings. The van der Waals surface area contributed by atoms with E-state index in [0.717, 1.165) is 0 Å². The van der Waals surface area contributed by atoms with Crippen LogP contribution in [-0.2, 0) is 33.3 Å². The summed E-state index contributed by atoms with van der Waals surface area (Å²) in [6.07, 6.45) is 1.73. The highest BCUT2D eigenvalue weighted by atomic mass is 16.7. The molecule has 0 saturated carbocycles. The summed E-state index contributed by atoms with van der Waals surface area (Å²) >= 11 is 0. The predicted octanol–water partition coefficient (Wildman–Crippen LogP) is 0.161. The van der Waals surface area contributed by atoms with Crippen LogP contribution in [0.1, 0.15) is 27.2 Å². The molecule has 7 heteroatoms. The van der Waals surface area contributed by atoms with Gasteiger partial charge < -0.3 is 18.9 Å². The first-order chi connectivity index (χ1) is 9.33. The maximum atomic E-state index is 11.1. The highest BCUT2D eigenvalue weighted by Gasteiger charge is 2.42. The van der Waals surface area contributed by atoms with E-state index in [9.17, 15) is 14.4 Å². The molecule has 7 nitrogen and oxygen atoms in total. The monoisotopic (exact) mass is 284 g/mol. The summed E-state index contributed by atoms with van der Waals surface area (Å²) in [4.78, 5) is 33.1. The van der Waals surface area contributed by atoms with Crippen molar-refractivity contribution in [2.75, 3.05) is 0 Å². The Morgan fingerprint density at radius 2 is 1.50 bits per heavy atom. The van der Waals surface area contributed by atoms with E-state index in [-0.39, 0.29) is 6.42 Å². The summed E-state index contributed by atoms with van der Waals surface area (Å²) in [5.41, 5.74) is 0. The van der Waals surface area contributed by atoms with Gasteiger partial charge in [0.1, 0.15) is 6.10 Å². The van der Waals surface area contributed by atoms with Gasteiger partial charge in [-0.05, 0) is 0 Å². The maximum Gasteiger partial charge on any atom is 0.305 e. The Balaban J connectivity index is 2.86. The number of carbonyl (C=O) groups excluding carboxylic acids is 3. The second kappa shape index (κ2) is 6.91. The van der Waals surface area contributed by atoms with Crippen LogP contribution >= 0.6 is 0 Å². The zero-order valence-electron chi connectivity index (χ0n) is 11.5. The smallest absolute Gasteiger partial charge is 0.305 e. The lowest BCUT2D eigenvalue weighted by Gasteiger charge is -2.37. The third kappa shape index (κ3) is 4.55. The Hall–Kier alpha value is -2.07. The van der Waals surface area contributed by atoms with Gasteiger partial charge in [0.25, 0.3) is 0 Å². The lowest BCUT2D eigenvalue weighted by atomic mass is 10.0. The third-order valence-electron chi connectivity index (χ3n) is 2.47. The van der Waals surface area contributed by atoms with Crippen molar-refractivity contribution in [1.29, 1.82) is 0 Å². The Kier molecular flexibility index (Phi) is 5.53. The van der Waals surface area contributed by atoms with Gasteiger partial charge in [0, 0.05) is 27.2 Å². The lowest BCUT2D eigenvalue weighted by Crippen LogP contribution is -2.51. The van der Waals surface area contributed by atoms with Crippen LogP contribution in [0.2, 0.25) is 0 Å². The van der Waals surface area contributed by atoms with E-state index in [4.69, 9.17) is 25.4 Å². The summed E-state index contributed by atoms with van der Waals surface area (Å²) < 4.78 is 20.3. The third-order valence-corrected chi connectivity index (χ3v) is 2.47. The predicted molar refractivity (Wildman–Crippen MR) is 65.0 cm³/mol. The fraction of sp³-hybridized carbons (Fsp3) is 0.615. The number of terminal acetylenes is 1. The van der Waals surface area contributed by atoms with Crippen molar-refractivity contribution in [3.8, 4) is 12.3 Å². The van der Waals surface area contributed by atoms with Gasteiger partial charge in [-0.2, -0.15) is 0 Å². The van der Waals surface area contributed by atoms with E-state index in [0.29, 0.717) is 0 Å². The molecule has 0 aliphatic carbocycles. The fourth-order valence-corrected chi connectivity index (χ4v) is 1.84. The number of carbonyl (C=O) groups is 3. The largest absolute Gasteiger partial charge is 0.459 e. The molecule has 0 aromatic carbocycles. The highest BCUT2D eigenvalue weighted by Crippen LogP contribution is 2.26. The minimum Gasteiger partial charge on any atom is -0.459 e. The van der Waals surface area contributed by atoms with Crippen molar-refractivity contribution >= 4 is 17.9 Å². The molecule has 0 amide bonds. The first kappa shape index (κ1) is 16.0. The zero-order valence-corrected chi connectivity index (χ0v) is 11.5. The second-order valence-corrected chi connectivity index (χ2v) is 4.23. The SMILES string of the molecule is C#CC1OC(OC(C)=O)[C@@H](OC(C)=O)C[C@@H]1OC(C)=O. The molecule has 0 aromatic heterocycles. The average Bonchev–Trinajstić information content (AvgIpc) is 2.30. The molecule has 1 saturated heterocycles. The molecule has 4 atom stereocenters. The molecular weight excluding hydrogens is 268 g/mol. The number of esters is 3. The van der Waals surface area contributed by atoms with E-state index in [1.165, 1.54) is 20.8 Å². The number of hydrogen-bond donors (Lipinski definition) is 0. The van der Waals surface area contributed by atoms with Crippen LogP contribution in [-0.4, -0.2) is 42.5 Å². The van der Waals surface area contributed by atoms with Crippen LogP contribution < -0.4 is 0 Å². The van der Waals surface area contributed by atoms with Crippen molar-refractivity contribution in [3.05, 3.63) is 0 Å². The Bertz CT molecular complexity index is 436. The normalized spacial score (nSPS) is 28.9. The lowest BCUT2D eigenvalue weighted by molar-refractivity contribution is -0.254. The first-order valence-corrected chi connectivity index (χ1v) is 5.96. The molecule has 0 aromatic rings. The maximum absolute atomic E-state index is 11.1. The molecule has 0 bridgehead atoms. The minimum absolute atomic E-state index is 0.0893. The van der Waals surface area contributed by atoms with Crippen molar-refractivity contribution in [1.82, 2.24) is 0 Å². The standard InChI is InChI=1S/C13H16O7/c1-5-10-11(17-7(2)14)6-12(18-8(3)15)13(20-10)19-9(4)16/h1,10-13H,6H2,2-4H3/t10?,11-,12-,13?/m0/s1. The van der Waals surface area contributed by atoms with Crippen LogP contribution in [0.15, 0.2) is 0 Å². The number of rotatable bonds is 3. The molecule has 110 valence electrons. The van der Waals surface area contributed by atoms with E-state index in [1.54, 1.807) is 0 Å². The Morgan fingerprint density at radius 3 is 1.95 bits per heavy atom. The van der Waals surface area contributed by atoms with Crippen LogP contribution in [0.3, 0.4) is 0 Å². The quantitative estimate of drug-likeness (QED) is 0.414. The topological polar surface area (TPSA) is 88.1 Å². The van der Waals surface area contributed by atoms with Gasteiger partial charge in [-0.25, -0.2) is 0 Å². The number of hydrogen-bond acceptors (Lipinski definition) is 7. The van der Waals surface area contributed by atoms with Crippen molar-refractivity contribution in [2.24, 2.45) is 0 Å². The Morgan fingerprint density at radius 1 is 1.00 bits per heavy atom. The summed E-state index contributed by atoms with van der Waals surface area (Å²) in [6, 6.07) is 0. The van der Waals surface area contributed by atoms with Crippen molar-refractivity contribution in [2.45, 2.75) is 51.8 Å². The van der Waals surface area contributed by atoms with E-state index >= 15 is 0 Å². The van der Waals surface area contributed by atoms with Gasteiger partial charge in [0.05, 0.1) is 0 Å². The van der Waals surface area contributed by atoms with E-state index < -0.39 is 42.5 Å². The van der Waals surface area contributed by atoms with Gasteiger partial charge in [-0.3, -0.25) is 14.4 Å². The second-order valence-electron chi connectivity index (χ2n) is 4.23. The Labute approximate surface area is 116 Å².